The first kappa shape index (κ1) is 14.9. The number of carbonyl (C=O) groups excluding carboxylic acids is 1. The zero-order valence-corrected chi connectivity index (χ0v) is 12.8. The van der Waals surface area contributed by atoms with Gasteiger partial charge in [0.05, 0.1) is 11.6 Å². The van der Waals surface area contributed by atoms with Crippen LogP contribution >= 0.6 is 0 Å². The molecule has 5 nitrogen and oxygen atoms in total. The van der Waals surface area contributed by atoms with E-state index in [1.54, 1.807) is 0 Å². The van der Waals surface area contributed by atoms with Gasteiger partial charge < -0.3 is 20.2 Å². The van der Waals surface area contributed by atoms with E-state index in [1.807, 2.05) is 37.3 Å². The summed E-state index contributed by atoms with van der Waals surface area (Å²) in [7, 11) is 0. The second-order valence-electron chi connectivity index (χ2n) is 6.17. The number of fused-ring (bicyclic) bond motifs is 1. The number of benzene rings is 1. The van der Waals surface area contributed by atoms with E-state index in [0.29, 0.717) is 6.54 Å². The summed E-state index contributed by atoms with van der Waals surface area (Å²) >= 11 is 0. The number of rotatable bonds is 4. The molecule has 0 radical (unpaired) electrons. The van der Waals surface area contributed by atoms with Crippen LogP contribution in [0, 0.1) is 0 Å². The quantitative estimate of drug-likeness (QED) is 0.812. The molecule has 2 amide bonds. The molecule has 3 N–H and O–H groups in total. The minimum absolute atomic E-state index is 0.231. The van der Waals surface area contributed by atoms with Crippen molar-refractivity contribution in [2.75, 3.05) is 6.54 Å². The van der Waals surface area contributed by atoms with Gasteiger partial charge >= 0.3 is 6.03 Å². The summed E-state index contributed by atoms with van der Waals surface area (Å²) in [6.45, 7) is 2.17. The minimum Gasteiger partial charge on any atom is -0.459 e. The molecule has 1 aliphatic carbocycles. The number of amides is 2. The van der Waals surface area contributed by atoms with Crippen molar-refractivity contribution in [1.29, 1.82) is 0 Å². The fourth-order valence-corrected chi connectivity index (χ4v) is 2.99. The summed E-state index contributed by atoms with van der Waals surface area (Å²) in [6, 6.07) is 9.17. The predicted molar refractivity (Wildman–Crippen MR) is 84.6 cm³/mol. The fraction of sp³-hybridized carbons (Fsp3) is 0.471. The number of aliphatic hydroxyl groups is 1. The first-order valence-electron chi connectivity index (χ1n) is 7.81. The van der Waals surface area contributed by atoms with Crippen LogP contribution in [0.4, 0.5) is 4.79 Å². The Balaban J connectivity index is 1.56. The third-order valence-corrected chi connectivity index (χ3v) is 4.33. The van der Waals surface area contributed by atoms with E-state index in [9.17, 15) is 9.90 Å². The summed E-state index contributed by atoms with van der Waals surface area (Å²) < 4.78 is 5.74. The van der Waals surface area contributed by atoms with Gasteiger partial charge in [-0.3, -0.25) is 0 Å². The molecule has 1 aliphatic rings. The largest absolute Gasteiger partial charge is 0.459 e. The summed E-state index contributed by atoms with van der Waals surface area (Å²) in [5.41, 5.74) is 0.0757. The highest BCUT2D eigenvalue weighted by Gasteiger charge is 2.31. The van der Waals surface area contributed by atoms with E-state index in [-0.39, 0.29) is 12.1 Å². The molecule has 118 valence electrons. The number of para-hydroxylation sites is 1. The molecule has 0 aliphatic heterocycles. The Morgan fingerprint density at radius 1 is 1.36 bits per heavy atom. The average Bonchev–Trinajstić information content (AvgIpc) is 3.12. The monoisotopic (exact) mass is 302 g/mol. The highest BCUT2D eigenvalue weighted by Crippen LogP contribution is 2.28. The van der Waals surface area contributed by atoms with E-state index in [4.69, 9.17) is 4.42 Å². The molecule has 1 unspecified atom stereocenters. The summed E-state index contributed by atoms with van der Waals surface area (Å²) in [5, 5.41) is 16.8. The standard InChI is InChI=1S/C17H22N2O3/c1-12(15-10-13-6-2-3-7-14(13)22-15)19-16(20)18-11-17(21)8-4-5-9-17/h2-3,6-7,10,12,21H,4-5,8-9,11H2,1H3,(H2,18,19,20). The van der Waals surface area contributed by atoms with Gasteiger partial charge in [0.2, 0.25) is 0 Å². The molecule has 1 atom stereocenters. The molecule has 1 aromatic carbocycles. The molecule has 3 rings (SSSR count). The van der Waals surface area contributed by atoms with Crippen molar-refractivity contribution < 1.29 is 14.3 Å². The van der Waals surface area contributed by atoms with Crippen LogP contribution in [-0.4, -0.2) is 23.3 Å². The number of nitrogens with one attached hydrogen (secondary N) is 2. The van der Waals surface area contributed by atoms with E-state index in [1.165, 1.54) is 0 Å². The van der Waals surface area contributed by atoms with E-state index >= 15 is 0 Å². The predicted octanol–water partition coefficient (Wildman–Crippen LogP) is 3.10. The number of urea groups is 1. The lowest BCUT2D eigenvalue weighted by molar-refractivity contribution is 0.0500. The fourth-order valence-electron chi connectivity index (χ4n) is 2.99. The molecule has 0 saturated heterocycles. The lowest BCUT2D eigenvalue weighted by Gasteiger charge is -2.23. The van der Waals surface area contributed by atoms with Gasteiger partial charge in [-0.15, -0.1) is 0 Å². The van der Waals surface area contributed by atoms with Crippen molar-refractivity contribution in [2.24, 2.45) is 0 Å². The summed E-state index contributed by atoms with van der Waals surface area (Å²) in [6.07, 6.45) is 3.56. The first-order valence-corrected chi connectivity index (χ1v) is 7.81. The van der Waals surface area contributed by atoms with Crippen LogP contribution in [0.5, 0.6) is 0 Å². The van der Waals surface area contributed by atoms with Crippen LogP contribution in [-0.2, 0) is 0 Å². The van der Waals surface area contributed by atoms with Crippen LogP contribution in [0.25, 0.3) is 11.0 Å². The number of hydrogen-bond donors (Lipinski definition) is 3. The Labute approximate surface area is 129 Å². The van der Waals surface area contributed by atoms with Gasteiger partial charge in [-0.05, 0) is 31.9 Å². The highest BCUT2D eigenvalue weighted by molar-refractivity contribution is 5.78. The Morgan fingerprint density at radius 2 is 2.09 bits per heavy atom. The molecule has 1 saturated carbocycles. The Bertz CT molecular complexity index is 626. The molecule has 5 heteroatoms. The van der Waals surface area contributed by atoms with Gasteiger partial charge in [0.15, 0.2) is 0 Å². The molecule has 0 bridgehead atoms. The van der Waals surface area contributed by atoms with Gasteiger partial charge in [-0.2, -0.15) is 0 Å². The Morgan fingerprint density at radius 3 is 2.82 bits per heavy atom. The maximum atomic E-state index is 12.0. The maximum Gasteiger partial charge on any atom is 0.315 e. The zero-order valence-electron chi connectivity index (χ0n) is 12.8. The minimum atomic E-state index is -0.736. The van der Waals surface area contributed by atoms with Crippen molar-refractivity contribution in [1.82, 2.24) is 10.6 Å². The number of furan rings is 1. The van der Waals surface area contributed by atoms with Gasteiger partial charge in [0.1, 0.15) is 11.3 Å². The normalized spacial score (nSPS) is 18.3. The van der Waals surface area contributed by atoms with Crippen molar-refractivity contribution in [3.05, 3.63) is 36.1 Å². The van der Waals surface area contributed by atoms with E-state index < -0.39 is 5.60 Å². The molecule has 1 aromatic heterocycles. The van der Waals surface area contributed by atoms with Crippen LogP contribution in [0.3, 0.4) is 0 Å². The van der Waals surface area contributed by atoms with Crippen molar-refractivity contribution in [3.8, 4) is 0 Å². The SMILES string of the molecule is CC(NC(=O)NCC1(O)CCCC1)c1cc2ccccc2o1. The van der Waals surface area contributed by atoms with E-state index in [0.717, 1.165) is 42.4 Å². The zero-order chi connectivity index (χ0) is 15.6. The topological polar surface area (TPSA) is 74.5 Å². The third kappa shape index (κ3) is 3.25. The second-order valence-corrected chi connectivity index (χ2v) is 6.17. The summed E-state index contributed by atoms with van der Waals surface area (Å²) in [5.74, 6) is 0.718. The van der Waals surface area contributed by atoms with Crippen LogP contribution in [0.15, 0.2) is 34.7 Å². The smallest absolute Gasteiger partial charge is 0.315 e. The van der Waals surface area contributed by atoms with Crippen LogP contribution in [0.2, 0.25) is 0 Å². The maximum absolute atomic E-state index is 12.0. The van der Waals surface area contributed by atoms with E-state index in [2.05, 4.69) is 10.6 Å². The van der Waals surface area contributed by atoms with Crippen molar-refractivity contribution in [2.45, 2.75) is 44.2 Å². The average molecular weight is 302 g/mol. The Hall–Kier alpha value is -2.01. The third-order valence-electron chi connectivity index (χ3n) is 4.33. The highest BCUT2D eigenvalue weighted by atomic mass is 16.3. The second kappa shape index (κ2) is 6.01. The molecule has 0 spiro atoms. The first-order chi connectivity index (χ1) is 10.6. The molecule has 2 aromatic rings. The molecule has 1 heterocycles. The lowest BCUT2D eigenvalue weighted by Crippen LogP contribution is -2.45. The van der Waals surface area contributed by atoms with Gasteiger partial charge in [0.25, 0.3) is 0 Å². The van der Waals surface area contributed by atoms with Crippen LogP contribution < -0.4 is 10.6 Å². The number of hydrogen-bond acceptors (Lipinski definition) is 3. The Kier molecular flexibility index (Phi) is 4.07. The van der Waals surface area contributed by atoms with Crippen LogP contribution in [0.1, 0.15) is 44.4 Å². The van der Waals surface area contributed by atoms with Gasteiger partial charge in [0, 0.05) is 11.9 Å². The lowest BCUT2D eigenvalue weighted by atomic mass is 10.0. The molecule has 1 fully saturated rings. The molecule has 22 heavy (non-hydrogen) atoms. The van der Waals surface area contributed by atoms with Gasteiger partial charge in [-0.25, -0.2) is 4.79 Å². The number of carbonyl (C=O) groups is 1. The van der Waals surface area contributed by atoms with Crippen molar-refractivity contribution >= 4 is 17.0 Å². The van der Waals surface area contributed by atoms with Gasteiger partial charge in [-0.1, -0.05) is 31.0 Å². The van der Waals surface area contributed by atoms with Crippen molar-refractivity contribution in [3.63, 3.8) is 0 Å². The molecular formula is C17H22N2O3. The summed E-state index contributed by atoms with van der Waals surface area (Å²) in [4.78, 5) is 12.0. The molecular weight excluding hydrogens is 280 g/mol.